The highest BCUT2D eigenvalue weighted by Crippen LogP contribution is 2.26. The molecule has 1 fully saturated rings. The van der Waals surface area contributed by atoms with Gasteiger partial charge in [-0.15, -0.1) is 0 Å². The van der Waals surface area contributed by atoms with Crippen LogP contribution in [0, 0.1) is 0 Å². The molecule has 152 valence electrons. The Morgan fingerprint density at radius 3 is 2.28 bits per heavy atom. The first kappa shape index (κ1) is 20.5. The lowest BCUT2D eigenvalue weighted by molar-refractivity contribution is -0.123. The Kier molecular flexibility index (Phi) is 5.16. The highest BCUT2D eigenvalue weighted by atomic mass is 32.2. The van der Waals surface area contributed by atoms with Crippen LogP contribution in [0.5, 0.6) is 0 Å². The first-order valence-electron chi connectivity index (χ1n) is 8.62. The van der Waals surface area contributed by atoms with Crippen molar-refractivity contribution in [1.82, 2.24) is 14.9 Å². The summed E-state index contributed by atoms with van der Waals surface area (Å²) < 4.78 is 25.6. The molecule has 1 saturated heterocycles. The lowest BCUT2D eigenvalue weighted by Crippen LogP contribution is -2.40. The van der Waals surface area contributed by atoms with Crippen LogP contribution < -0.4 is 16.0 Å². The minimum absolute atomic E-state index is 0.0152. The summed E-state index contributed by atoms with van der Waals surface area (Å²) in [7, 11) is -0.829. The Labute approximate surface area is 168 Å². The second-order valence-corrected chi connectivity index (χ2v) is 9.03. The van der Waals surface area contributed by atoms with E-state index < -0.39 is 33.4 Å². The van der Waals surface area contributed by atoms with Gasteiger partial charge in [-0.25, -0.2) is 17.5 Å². The molecule has 1 heterocycles. The average Bonchev–Trinajstić information content (AvgIpc) is 2.94. The third kappa shape index (κ3) is 3.84. The number of sulfonamides is 1. The summed E-state index contributed by atoms with van der Waals surface area (Å²) in [6.45, 7) is 1.58. The Hall–Kier alpha value is -3.24. The monoisotopic (exact) mass is 416 g/mol. The van der Waals surface area contributed by atoms with Crippen molar-refractivity contribution in [2.45, 2.75) is 17.4 Å². The van der Waals surface area contributed by atoms with E-state index in [9.17, 15) is 22.8 Å². The molecule has 0 aromatic heterocycles. The smallest absolute Gasteiger partial charge is 0.322 e. The van der Waals surface area contributed by atoms with Crippen LogP contribution >= 0.6 is 0 Å². The number of urea groups is 1. The highest BCUT2D eigenvalue weighted by molar-refractivity contribution is 7.89. The third-order valence-electron chi connectivity index (χ3n) is 4.64. The molecule has 2 aromatic rings. The average molecular weight is 416 g/mol. The number of hydrogen-bond acceptors (Lipinski definition) is 5. The van der Waals surface area contributed by atoms with Gasteiger partial charge in [0, 0.05) is 25.3 Å². The summed E-state index contributed by atoms with van der Waals surface area (Å²) in [5.41, 5.74) is 0.00590. The maximum absolute atomic E-state index is 12.5. The van der Waals surface area contributed by atoms with Crippen molar-refractivity contribution in [3.63, 3.8) is 0 Å². The van der Waals surface area contributed by atoms with E-state index in [4.69, 9.17) is 0 Å². The molecular weight excluding hydrogens is 396 g/mol. The summed E-state index contributed by atoms with van der Waals surface area (Å²) in [5, 5.41) is 7.43. The highest BCUT2D eigenvalue weighted by Gasteiger charge is 2.43. The Bertz CT molecular complexity index is 1100. The van der Waals surface area contributed by atoms with Gasteiger partial charge >= 0.3 is 6.03 Å². The maximum atomic E-state index is 12.5. The van der Waals surface area contributed by atoms with Crippen LogP contribution in [0.15, 0.2) is 53.4 Å². The van der Waals surface area contributed by atoms with Gasteiger partial charge in [-0.3, -0.25) is 14.9 Å². The largest absolute Gasteiger partial charge is 0.322 e. The van der Waals surface area contributed by atoms with E-state index in [0.717, 1.165) is 4.31 Å². The Balaban J connectivity index is 1.79. The zero-order valence-electron chi connectivity index (χ0n) is 16.0. The summed E-state index contributed by atoms with van der Waals surface area (Å²) in [4.78, 5) is 35.9. The van der Waals surface area contributed by atoms with Gasteiger partial charge in [-0.1, -0.05) is 18.2 Å². The molecule has 1 unspecified atom stereocenters. The molecule has 0 spiro atoms. The molecule has 2 aromatic carbocycles. The molecule has 9 nitrogen and oxygen atoms in total. The predicted octanol–water partition coefficient (Wildman–Crippen LogP) is 1.24. The third-order valence-corrected chi connectivity index (χ3v) is 6.45. The van der Waals surface area contributed by atoms with Crippen LogP contribution in [0.4, 0.5) is 10.5 Å². The molecule has 0 aliphatic carbocycles. The lowest BCUT2D eigenvalue weighted by Gasteiger charge is -2.21. The van der Waals surface area contributed by atoms with Gasteiger partial charge in [0.2, 0.25) is 10.0 Å². The fourth-order valence-electron chi connectivity index (χ4n) is 2.85. The van der Waals surface area contributed by atoms with E-state index in [1.165, 1.54) is 38.4 Å². The van der Waals surface area contributed by atoms with Crippen LogP contribution in [-0.4, -0.2) is 44.7 Å². The van der Waals surface area contributed by atoms with Crippen LogP contribution in [0.3, 0.4) is 0 Å². The zero-order valence-corrected chi connectivity index (χ0v) is 16.8. The van der Waals surface area contributed by atoms with Gasteiger partial charge in [0.15, 0.2) is 0 Å². The summed E-state index contributed by atoms with van der Waals surface area (Å²) >= 11 is 0. The Morgan fingerprint density at radius 2 is 1.72 bits per heavy atom. The number of nitrogens with zero attached hydrogens (tertiary/aromatic N) is 1. The molecule has 0 saturated carbocycles. The van der Waals surface area contributed by atoms with E-state index in [1.807, 2.05) is 0 Å². The van der Waals surface area contributed by atoms with Crippen molar-refractivity contribution in [2.75, 3.05) is 19.4 Å². The second kappa shape index (κ2) is 7.30. The van der Waals surface area contributed by atoms with Gasteiger partial charge in [0.25, 0.3) is 11.8 Å². The van der Waals surface area contributed by atoms with Crippen LogP contribution in [0.1, 0.15) is 22.8 Å². The standard InChI is InChI=1S/C19H20N4O5S/c1-19(17(25)21-18(26)22-19)13-7-9-14(10-8-13)20-16(24)12-5-4-6-15(11-12)29(27,28)23(2)3/h4-11H,1-3H3,(H,20,24)(H2,21,22,25,26). The van der Waals surface area contributed by atoms with Crippen LogP contribution in [0.25, 0.3) is 0 Å². The molecule has 1 atom stereocenters. The number of carbonyl (C=O) groups is 3. The summed E-state index contributed by atoms with van der Waals surface area (Å²) in [6.07, 6.45) is 0. The Morgan fingerprint density at radius 1 is 1.07 bits per heavy atom. The first-order chi connectivity index (χ1) is 13.5. The van der Waals surface area contributed by atoms with E-state index in [1.54, 1.807) is 31.2 Å². The van der Waals surface area contributed by atoms with Crippen LogP contribution in [-0.2, 0) is 20.4 Å². The van der Waals surface area contributed by atoms with E-state index >= 15 is 0 Å². The number of rotatable bonds is 5. The minimum Gasteiger partial charge on any atom is -0.322 e. The van der Waals surface area contributed by atoms with Gasteiger partial charge in [0.1, 0.15) is 5.54 Å². The number of hydrogen-bond donors (Lipinski definition) is 3. The van der Waals surface area contributed by atoms with Crippen molar-refractivity contribution in [3.8, 4) is 0 Å². The molecule has 10 heteroatoms. The summed E-state index contributed by atoms with van der Waals surface area (Å²) in [5.74, 6) is -0.940. The number of benzene rings is 2. The fourth-order valence-corrected chi connectivity index (χ4v) is 3.79. The van der Waals surface area contributed by atoms with E-state index in [0.29, 0.717) is 11.3 Å². The zero-order chi connectivity index (χ0) is 21.4. The molecule has 3 rings (SSSR count). The molecule has 0 radical (unpaired) electrons. The minimum atomic E-state index is -3.66. The molecule has 4 amide bonds. The number of imide groups is 1. The SMILES string of the molecule is CN(C)S(=O)(=O)c1cccc(C(=O)Nc2ccc(C3(C)NC(=O)NC3=O)cc2)c1. The number of amides is 4. The molecule has 1 aliphatic heterocycles. The van der Waals surface area contributed by atoms with Crippen molar-refractivity contribution >= 4 is 33.6 Å². The predicted molar refractivity (Wildman–Crippen MR) is 106 cm³/mol. The lowest BCUT2D eigenvalue weighted by atomic mass is 9.92. The van der Waals surface area contributed by atoms with Crippen molar-refractivity contribution < 1.29 is 22.8 Å². The molecule has 3 N–H and O–H groups in total. The number of carbonyl (C=O) groups excluding carboxylic acids is 3. The fraction of sp³-hybridized carbons (Fsp3) is 0.211. The van der Waals surface area contributed by atoms with Crippen LogP contribution in [0.2, 0.25) is 0 Å². The normalized spacial score (nSPS) is 19.0. The van der Waals surface area contributed by atoms with Crippen molar-refractivity contribution in [1.29, 1.82) is 0 Å². The maximum Gasteiger partial charge on any atom is 0.322 e. The van der Waals surface area contributed by atoms with Gasteiger partial charge in [0.05, 0.1) is 4.90 Å². The number of anilines is 1. The topological polar surface area (TPSA) is 125 Å². The molecule has 29 heavy (non-hydrogen) atoms. The molecule has 1 aliphatic rings. The van der Waals surface area contributed by atoms with E-state index in [-0.39, 0.29) is 10.5 Å². The quantitative estimate of drug-likeness (QED) is 0.633. The van der Waals surface area contributed by atoms with E-state index in [2.05, 4.69) is 16.0 Å². The van der Waals surface area contributed by atoms with Crippen molar-refractivity contribution in [2.24, 2.45) is 0 Å². The first-order valence-corrected chi connectivity index (χ1v) is 10.1. The van der Waals surface area contributed by atoms with Crippen molar-refractivity contribution in [3.05, 3.63) is 59.7 Å². The number of nitrogens with one attached hydrogen (secondary N) is 3. The van der Waals surface area contributed by atoms with Gasteiger partial charge < -0.3 is 10.6 Å². The molecule has 0 bridgehead atoms. The summed E-state index contributed by atoms with van der Waals surface area (Å²) in [6, 6.07) is 11.6. The second-order valence-electron chi connectivity index (χ2n) is 6.88. The molecular formula is C19H20N4O5S. The van der Waals surface area contributed by atoms with Gasteiger partial charge in [-0.05, 0) is 42.8 Å². The van der Waals surface area contributed by atoms with Gasteiger partial charge in [-0.2, -0.15) is 0 Å².